The number of aryl methyl sites for hydroxylation is 1. The molecule has 0 aromatic carbocycles. The van der Waals surface area contributed by atoms with Crippen molar-refractivity contribution in [2.24, 2.45) is 0 Å². The van der Waals surface area contributed by atoms with Crippen molar-refractivity contribution < 1.29 is 0 Å². The molecule has 0 bridgehead atoms. The summed E-state index contributed by atoms with van der Waals surface area (Å²) < 4.78 is 0. The molecule has 0 spiro atoms. The Balaban J connectivity index is 3.01. The van der Waals surface area contributed by atoms with Gasteiger partial charge < -0.3 is 9.97 Å². The Bertz CT molecular complexity index is 440. The molecule has 0 unspecified atom stereocenters. The number of rotatable bonds is 0. The van der Waals surface area contributed by atoms with Gasteiger partial charge in [-0.15, -0.1) is 0 Å². The number of aromatic amines is 2. The molecule has 0 saturated carbocycles. The maximum Gasteiger partial charge on any atom is 0.323 e. The van der Waals surface area contributed by atoms with E-state index in [-0.39, 0.29) is 5.69 Å². The van der Waals surface area contributed by atoms with E-state index in [1.165, 1.54) is 0 Å². The van der Waals surface area contributed by atoms with Gasteiger partial charge in [-0.3, -0.25) is 4.98 Å². The van der Waals surface area contributed by atoms with E-state index in [1.807, 2.05) is 6.92 Å². The summed E-state index contributed by atoms with van der Waals surface area (Å²) in [6, 6.07) is 0. The van der Waals surface area contributed by atoms with Crippen molar-refractivity contribution in [2.75, 3.05) is 0 Å². The minimum absolute atomic E-state index is 0.184. The van der Waals surface area contributed by atoms with Crippen molar-refractivity contribution in [1.82, 2.24) is 15.0 Å². The van der Waals surface area contributed by atoms with E-state index in [9.17, 15) is 4.79 Å². The van der Waals surface area contributed by atoms with Crippen molar-refractivity contribution in [3.8, 4) is 0 Å². The second-order valence-corrected chi connectivity index (χ2v) is 2.46. The van der Waals surface area contributed by atoms with Gasteiger partial charge in [0.1, 0.15) is 0 Å². The first-order valence-electron chi connectivity index (χ1n) is 3.30. The Hall–Kier alpha value is -1.58. The number of imidazole rings is 1. The highest BCUT2D eigenvalue weighted by atomic mass is 16.1. The van der Waals surface area contributed by atoms with Gasteiger partial charge in [-0.1, -0.05) is 0 Å². The summed E-state index contributed by atoms with van der Waals surface area (Å²) >= 11 is 0. The zero-order chi connectivity index (χ0) is 7.84. The van der Waals surface area contributed by atoms with Gasteiger partial charge >= 0.3 is 5.69 Å². The molecular formula is C7H7N3O. The molecule has 0 saturated heterocycles. The smallest absolute Gasteiger partial charge is 0.305 e. The van der Waals surface area contributed by atoms with E-state index in [2.05, 4.69) is 15.0 Å². The summed E-state index contributed by atoms with van der Waals surface area (Å²) in [7, 11) is 0. The third kappa shape index (κ3) is 0.832. The fourth-order valence-corrected chi connectivity index (χ4v) is 1.09. The number of pyridine rings is 1. The summed E-state index contributed by atoms with van der Waals surface area (Å²) in [5.74, 6) is 0. The Kier molecular flexibility index (Phi) is 1.09. The minimum atomic E-state index is -0.184. The fourth-order valence-electron chi connectivity index (χ4n) is 1.09. The molecule has 56 valence electrons. The van der Waals surface area contributed by atoms with Crippen molar-refractivity contribution in [2.45, 2.75) is 6.92 Å². The zero-order valence-corrected chi connectivity index (χ0v) is 6.01. The third-order valence-electron chi connectivity index (χ3n) is 1.62. The molecule has 0 aliphatic heterocycles. The first-order valence-corrected chi connectivity index (χ1v) is 3.30. The Morgan fingerprint density at radius 1 is 1.36 bits per heavy atom. The van der Waals surface area contributed by atoms with E-state index in [0.717, 1.165) is 16.6 Å². The number of H-pyrrole nitrogens is 2. The standard InChI is InChI=1S/C7H7N3O/c1-4-2-8-3-5-6(4)10-7(11)9-5/h2-3H,1H3,(H2,9,10,11). The van der Waals surface area contributed by atoms with Gasteiger partial charge in [0.25, 0.3) is 0 Å². The van der Waals surface area contributed by atoms with Crippen molar-refractivity contribution >= 4 is 11.0 Å². The highest BCUT2D eigenvalue weighted by Gasteiger charge is 1.98. The predicted molar refractivity (Wildman–Crippen MR) is 41.5 cm³/mol. The summed E-state index contributed by atoms with van der Waals surface area (Å²) in [4.78, 5) is 20.0. The van der Waals surface area contributed by atoms with E-state index < -0.39 is 0 Å². The summed E-state index contributed by atoms with van der Waals surface area (Å²) in [5, 5.41) is 0. The molecule has 4 heteroatoms. The zero-order valence-electron chi connectivity index (χ0n) is 6.01. The SMILES string of the molecule is Cc1cncc2[nH]c(=O)[nH]c12. The number of hydrogen-bond donors (Lipinski definition) is 2. The molecule has 0 aliphatic rings. The van der Waals surface area contributed by atoms with Crippen LogP contribution in [-0.2, 0) is 0 Å². The molecule has 0 amide bonds. The van der Waals surface area contributed by atoms with E-state index in [0.29, 0.717) is 0 Å². The van der Waals surface area contributed by atoms with Gasteiger partial charge in [-0.2, -0.15) is 0 Å². The first kappa shape index (κ1) is 6.15. The molecule has 0 aliphatic carbocycles. The maximum absolute atomic E-state index is 10.8. The monoisotopic (exact) mass is 149 g/mol. The van der Waals surface area contributed by atoms with Crippen LogP contribution >= 0.6 is 0 Å². The average Bonchev–Trinajstić information content (AvgIpc) is 2.31. The number of fused-ring (bicyclic) bond motifs is 1. The largest absolute Gasteiger partial charge is 0.323 e. The fraction of sp³-hybridized carbons (Fsp3) is 0.143. The van der Waals surface area contributed by atoms with Crippen LogP contribution in [0.5, 0.6) is 0 Å². The van der Waals surface area contributed by atoms with Crippen LogP contribution in [0.15, 0.2) is 17.2 Å². The Morgan fingerprint density at radius 3 is 2.91 bits per heavy atom. The third-order valence-corrected chi connectivity index (χ3v) is 1.62. The van der Waals surface area contributed by atoms with Crippen LogP contribution in [0.25, 0.3) is 11.0 Å². The molecule has 4 nitrogen and oxygen atoms in total. The van der Waals surface area contributed by atoms with Crippen LogP contribution in [0.2, 0.25) is 0 Å². The van der Waals surface area contributed by atoms with Crippen molar-refractivity contribution in [3.63, 3.8) is 0 Å². The van der Waals surface area contributed by atoms with Gasteiger partial charge in [-0.25, -0.2) is 4.79 Å². The van der Waals surface area contributed by atoms with Gasteiger partial charge in [0.05, 0.1) is 17.2 Å². The van der Waals surface area contributed by atoms with Gasteiger partial charge in [-0.05, 0) is 12.5 Å². The Morgan fingerprint density at radius 2 is 2.18 bits per heavy atom. The lowest BCUT2D eigenvalue weighted by Gasteiger charge is -1.90. The number of aromatic nitrogens is 3. The van der Waals surface area contributed by atoms with E-state index in [4.69, 9.17) is 0 Å². The molecule has 11 heavy (non-hydrogen) atoms. The van der Waals surface area contributed by atoms with Crippen LogP contribution in [0.3, 0.4) is 0 Å². The summed E-state index contributed by atoms with van der Waals surface area (Å²) in [5.41, 5.74) is 2.39. The molecule has 2 aromatic rings. The molecular weight excluding hydrogens is 142 g/mol. The lowest BCUT2D eigenvalue weighted by molar-refractivity contribution is 1.21. The van der Waals surface area contributed by atoms with Gasteiger partial charge in [0.15, 0.2) is 0 Å². The average molecular weight is 149 g/mol. The number of nitrogens with one attached hydrogen (secondary N) is 2. The lowest BCUT2D eigenvalue weighted by Crippen LogP contribution is -1.99. The minimum Gasteiger partial charge on any atom is -0.305 e. The first-order chi connectivity index (χ1) is 5.27. The van der Waals surface area contributed by atoms with Crippen molar-refractivity contribution in [3.05, 3.63) is 28.4 Å². The van der Waals surface area contributed by atoms with Crippen molar-refractivity contribution in [1.29, 1.82) is 0 Å². The van der Waals surface area contributed by atoms with E-state index >= 15 is 0 Å². The molecule has 2 N–H and O–H groups in total. The molecule has 2 heterocycles. The molecule has 0 atom stereocenters. The van der Waals surface area contributed by atoms with Crippen LogP contribution < -0.4 is 5.69 Å². The second-order valence-electron chi connectivity index (χ2n) is 2.46. The van der Waals surface area contributed by atoms with Crippen LogP contribution in [-0.4, -0.2) is 15.0 Å². The van der Waals surface area contributed by atoms with Crippen LogP contribution in [0, 0.1) is 6.92 Å². The van der Waals surface area contributed by atoms with Gasteiger partial charge in [0, 0.05) is 6.20 Å². The highest BCUT2D eigenvalue weighted by Crippen LogP contribution is 2.08. The molecule has 0 radical (unpaired) electrons. The van der Waals surface area contributed by atoms with Crippen LogP contribution in [0.4, 0.5) is 0 Å². The summed E-state index contributed by atoms with van der Waals surface area (Å²) in [6.45, 7) is 1.90. The van der Waals surface area contributed by atoms with E-state index in [1.54, 1.807) is 12.4 Å². The Labute approximate surface area is 62.3 Å². The number of hydrogen-bond acceptors (Lipinski definition) is 2. The normalized spacial score (nSPS) is 10.6. The summed E-state index contributed by atoms with van der Waals surface area (Å²) in [6.07, 6.45) is 3.34. The van der Waals surface area contributed by atoms with Gasteiger partial charge in [0.2, 0.25) is 0 Å². The topological polar surface area (TPSA) is 61.5 Å². The molecule has 2 aromatic heterocycles. The second kappa shape index (κ2) is 1.95. The molecule has 0 fully saturated rings. The quantitative estimate of drug-likeness (QED) is 0.574. The maximum atomic E-state index is 10.8. The molecule has 2 rings (SSSR count). The lowest BCUT2D eigenvalue weighted by atomic mass is 10.3. The number of nitrogens with zero attached hydrogens (tertiary/aromatic N) is 1. The predicted octanol–water partition coefficient (Wildman–Crippen LogP) is 0.560. The van der Waals surface area contributed by atoms with Crippen LogP contribution in [0.1, 0.15) is 5.56 Å². The highest BCUT2D eigenvalue weighted by molar-refractivity contribution is 5.76.